The van der Waals surface area contributed by atoms with E-state index in [1.54, 1.807) is 18.2 Å². The number of phenolic OH excluding ortho intramolecular Hbond substituents is 1. The fourth-order valence-corrected chi connectivity index (χ4v) is 4.43. The summed E-state index contributed by atoms with van der Waals surface area (Å²) >= 11 is 6.46. The summed E-state index contributed by atoms with van der Waals surface area (Å²) in [6.45, 7) is 3.72. The van der Waals surface area contributed by atoms with E-state index in [0.29, 0.717) is 26.2 Å². The minimum atomic E-state index is -0.562. The zero-order valence-electron chi connectivity index (χ0n) is 15.1. The summed E-state index contributed by atoms with van der Waals surface area (Å²) in [4.78, 5) is 25.7. The quantitative estimate of drug-likeness (QED) is 0.427. The lowest BCUT2D eigenvalue weighted by atomic mass is 9.98. The lowest BCUT2D eigenvalue weighted by Gasteiger charge is -2.31. The van der Waals surface area contributed by atoms with E-state index in [1.165, 1.54) is 12.1 Å². The van der Waals surface area contributed by atoms with Crippen LogP contribution >= 0.6 is 31.9 Å². The molecule has 2 aromatic carbocycles. The third kappa shape index (κ3) is 4.47. The predicted molar refractivity (Wildman–Crippen MR) is 115 cm³/mol. The number of hydrogen-bond donors (Lipinski definition) is 2. The molecule has 148 valence electrons. The predicted octanol–water partition coefficient (Wildman–Crippen LogP) is 5.31. The molecule has 0 radical (unpaired) electrons. The van der Waals surface area contributed by atoms with Crippen LogP contribution in [-0.2, 0) is 0 Å². The van der Waals surface area contributed by atoms with Crippen molar-refractivity contribution in [2.75, 3.05) is 23.3 Å². The van der Waals surface area contributed by atoms with Gasteiger partial charge in [0.25, 0.3) is 11.6 Å². The Hall–Kier alpha value is -2.13. The molecular formula is C19H19Br2N3O4. The first kappa shape index (κ1) is 20.6. The van der Waals surface area contributed by atoms with Gasteiger partial charge in [-0.25, -0.2) is 0 Å². The van der Waals surface area contributed by atoms with E-state index < -0.39 is 10.8 Å². The Morgan fingerprint density at radius 1 is 1.25 bits per heavy atom. The molecule has 0 aliphatic carbocycles. The number of piperidine rings is 1. The summed E-state index contributed by atoms with van der Waals surface area (Å²) in [7, 11) is 0. The molecule has 0 spiro atoms. The van der Waals surface area contributed by atoms with Gasteiger partial charge in [0.1, 0.15) is 11.4 Å². The maximum absolute atomic E-state index is 12.6. The van der Waals surface area contributed by atoms with Crippen LogP contribution in [0.5, 0.6) is 5.75 Å². The third-order valence-corrected chi connectivity index (χ3v) is 5.89. The van der Waals surface area contributed by atoms with Crippen LogP contribution in [0.1, 0.15) is 30.1 Å². The molecule has 1 aliphatic heterocycles. The molecule has 1 saturated heterocycles. The van der Waals surface area contributed by atoms with Crippen molar-refractivity contribution < 1.29 is 14.8 Å². The average molecular weight is 513 g/mol. The van der Waals surface area contributed by atoms with Crippen molar-refractivity contribution in [2.45, 2.75) is 19.8 Å². The average Bonchev–Trinajstić information content (AvgIpc) is 2.65. The van der Waals surface area contributed by atoms with Gasteiger partial charge < -0.3 is 15.3 Å². The number of hydrogen-bond acceptors (Lipinski definition) is 5. The molecule has 0 saturated carbocycles. The van der Waals surface area contributed by atoms with E-state index in [2.05, 4.69) is 44.1 Å². The number of halogens is 2. The molecule has 1 heterocycles. The van der Waals surface area contributed by atoms with Crippen LogP contribution in [0.4, 0.5) is 17.1 Å². The first-order valence-electron chi connectivity index (χ1n) is 8.79. The Balaban J connectivity index is 1.86. The van der Waals surface area contributed by atoms with Crippen molar-refractivity contribution in [3.8, 4) is 5.75 Å². The molecule has 0 bridgehead atoms. The van der Waals surface area contributed by atoms with Crippen LogP contribution in [0.25, 0.3) is 0 Å². The largest absolute Gasteiger partial charge is 0.506 e. The number of nitro benzene ring substituents is 1. The second-order valence-corrected chi connectivity index (χ2v) is 8.64. The summed E-state index contributed by atoms with van der Waals surface area (Å²) in [5, 5.41) is 24.3. The van der Waals surface area contributed by atoms with Crippen LogP contribution in [0.3, 0.4) is 0 Å². The lowest BCUT2D eigenvalue weighted by Crippen LogP contribution is -2.33. The molecule has 0 unspecified atom stereocenters. The summed E-state index contributed by atoms with van der Waals surface area (Å²) in [5.74, 6) is -0.145. The molecule has 9 heteroatoms. The first-order valence-corrected chi connectivity index (χ1v) is 10.4. The zero-order chi connectivity index (χ0) is 20.4. The fraction of sp³-hybridized carbons (Fsp3) is 0.316. The van der Waals surface area contributed by atoms with Crippen molar-refractivity contribution >= 4 is 54.8 Å². The van der Waals surface area contributed by atoms with Gasteiger partial charge in [0.05, 0.1) is 15.0 Å². The standard InChI is InChI=1S/C19H19Br2N3O4/c1-11-4-6-23(7-5-11)16-3-2-13(10-17(16)24(27)28)22-19(26)14-8-12(20)9-15(21)18(14)25/h2-3,8-11,25H,4-7H2,1H3,(H,22,26). The monoisotopic (exact) mass is 511 g/mol. The second-order valence-electron chi connectivity index (χ2n) is 6.87. The van der Waals surface area contributed by atoms with Crippen molar-refractivity contribution in [2.24, 2.45) is 5.92 Å². The summed E-state index contributed by atoms with van der Waals surface area (Å²) in [6.07, 6.45) is 1.99. The molecule has 7 nitrogen and oxygen atoms in total. The maximum Gasteiger partial charge on any atom is 0.294 e. The summed E-state index contributed by atoms with van der Waals surface area (Å²) in [5.41, 5.74) is 0.856. The number of nitrogens with one attached hydrogen (secondary N) is 1. The molecule has 1 fully saturated rings. The number of benzene rings is 2. The number of aromatic hydroxyl groups is 1. The van der Waals surface area contributed by atoms with Gasteiger partial charge in [-0.05, 0) is 59.0 Å². The highest BCUT2D eigenvalue weighted by atomic mass is 79.9. The van der Waals surface area contributed by atoms with Crippen LogP contribution in [-0.4, -0.2) is 29.0 Å². The molecule has 1 aliphatic rings. The topological polar surface area (TPSA) is 95.7 Å². The molecule has 28 heavy (non-hydrogen) atoms. The zero-order valence-corrected chi connectivity index (χ0v) is 18.3. The number of nitro groups is 1. The molecule has 2 aromatic rings. The second kappa shape index (κ2) is 8.48. The van der Waals surface area contributed by atoms with Crippen LogP contribution in [0.2, 0.25) is 0 Å². The molecule has 2 N–H and O–H groups in total. The number of phenols is 1. The van der Waals surface area contributed by atoms with E-state index in [4.69, 9.17) is 0 Å². The summed E-state index contributed by atoms with van der Waals surface area (Å²) in [6, 6.07) is 7.76. The Bertz CT molecular complexity index is 928. The van der Waals surface area contributed by atoms with Gasteiger partial charge in [-0.3, -0.25) is 14.9 Å². The van der Waals surface area contributed by atoms with Crippen molar-refractivity contribution in [3.05, 3.63) is 55.0 Å². The highest BCUT2D eigenvalue weighted by Gasteiger charge is 2.24. The molecule has 1 amide bonds. The lowest BCUT2D eigenvalue weighted by molar-refractivity contribution is -0.384. The van der Waals surface area contributed by atoms with Gasteiger partial charge in [0.2, 0.25) is 0 Å². The highest BCUT2D eigenvalue weighted by Crippen LogP contribution is 2.35. The molecular weight excluding hydrogens is 494 g/mol. The van der Waals surface area contributed by atoms with E-state index in [1.807, 2.05) is 4.90 Å². The van der Waals surface area contributed by atoms with Crippen molar-refractivity contribution in [1.29, 1.82) is 0 Å². The van der Waals surface area contributed by atoms with Crippen LogP contribution in [0, 0.1) is 16.0 Å². The Morgan fingerprint density at radius 3 is 2.57 bits per heavy atom. The van der Waals surface area contributed by atoms with E-state index in [0.717, 1.165) is 25.9 Å². The smallest absolute Gasteiger partial charge is 0.294 e. The van der Waals surface area contributed by atoms with Gasteiger partial charge in [-0.2, -0.15) is 0 Å². The Morgan fingerprint density at radius 2 is 1.93 bits per heavy atom. The number of amides is 1. The molecule has 0 aromatic heterocycles. The molecule has 0 atom stereocenters. The van der Waals surface area contributed by atoms with Crippen LogP contribution < -0.4 is 10.2 Å². The van der Waals surface area contributed by atoms with Gasteiger partial charge in [0, 0.05) is 29.3 Å². The van der Waals surface area contributed by atoms with Crippen molar-refractivity contribution in [3.63, 3.8) is 0 Å². The van der Waals surface area contributed by atoms with E-state index in [-0.39, 0.29) is 17.0 Å². The minimum Gasteiger partial charge on any atom is -0.506 e. The van der Waals surface area contributed by atoms with Gasteiger partial charge in [-0.1, -0.05) is 22.9 Å². The van der Waals surface area contributed by atoms with Crippen LogP contribution in [0.15, 0.2) is 39.3 Å². The van der Waals surface area contributed by atoms with E-state index >= 15 is 0 Å². The number of rotatable bonds is 4. The number of nitrogens with zero attached hydrogens (tertiary/aromatic N) is 2. The molecule has 3 rings (SSSR count). The minimum absolute atomic E-state index is 0.0491. The Kier molecular flexibility index (Phi) is 6.24. The number of carbonyl (C=O) groups excluding carboxylic acids is 1. The number of anilines is 2. The SMILES string of the molecule is CC1CCN(c2ccc(NC(=O)c3cc(Br)cc(Br)c3O)cc2[N+](=O)[O-])CC1. The van der Waals surface area contributed by atoms with E-state index in [9.17, 15) is 20.0 Å². The first-order chi connectivity index (χ1) is 13.3. The Labute approximate surface area is 179 Å². The normalized spacial score (nSPS) is 14.8. The highest BCUT2D eigenvalue weighted by molar-refractivity contribution is 9.11. The third-order valence-electron chi connectivity index (χ3n) is 4.83. The van der Waals surface area contributed by atoms with Crippen molar-refractivity contribution in [1.82, 2.24) is 0 Å². The van der Waals surface area contributed by atoms with Gasteiger partial charge in [0.15, 0.2) is 0 Å². The summed E-state index contributed by atoms with van der Waals surface area (Å²) < 4.78 is 0.982. The number of carbonyl (C=O) groups is 1. The maximum atomic E-state index is 12.6. The van der Waals surface area contributed by atoms with Gasteiger partial charge >= 0.3 is 0 Å². The fourth-order valence-electron chi connectivity index (χ4n) is 3.20. The van der Waals surface area contributed by atoms with Gasteiger partial charge in [-0.15, -0.1) is 0 Å².